The smallest absolute Gasteiger partial charge is 0.274 e. The Morgan fingerprint density at radius 3 is 2.69 bits per heavy atom. The first-order valence-electron chi connectivity index (χ1n) is 12.8. The second-order valence-corrected chi connectivity index (χ2v) is 12.0. The molecule has 2 aromatic heterocycles. The first-order chi connectivity index (χ1) is 17.2. The summed E-state index contributed by atoms with van der Waals surface area (Å²) >= 11 is 1.56. The molecule has 1 N–H and O–H groups in total. The number of benzene rings is 1. The number of likely N-dealkylation sites (tertiary alicyclic amines) is 1. The van der Waals surface area contributed by atoms with E-state index in [1.54, 1.807) is 11.3 Å². The number of fused-ring (bicyclic) bond motifs is 1. The van der Waals surface area contributed by atoms with Gasteiger partial charge in [-0.25, -0.2) is 4.98 Å². The lowest BCUT2D eigenvalue weighted by atomic mass is 10.0. The van der Waals surface area contributed by atoms with Crippen LogP contribution >= 0.6 is 11.3 Å². The molecule has 36 heavy (non-hydrogen) atoms. The number of nitrogens with zero attached hydrogens (tertiary/aromatic N) is 3. The zero-order valence-corrected chi connectivity index (χ0v) is 22.5. The van der Waals surface area contributed by atoms with Crippen LogP contribution in [0.1, 0.15) is 63.1 Å². The maximum Gasteiger partial charge on any atom is 0.274 e. The van der Waals surface area contributed by atoms with Crippen molar-refractivity contribution in [3.63, 3.8) is 0 Å². The number of pyridine rings is 1. The van der Waals surface area contributed by atoms with Crippen molar-refractivity contribution in [2.75, 3.05) is 13.1 Å². The van der Waals surface area contributed by atoms with Gasteiger partial charge in [0.1, 0.15) is 5.69 Å². The third-order valence-corrected chi connectivity index (χ3v) is 8.16. The monoisotopic (exact) mass is 502 g/mol. The Balaban J connectivity index is 1.33. The van der Waals surface area contributed by atoms with Gasteiger partial charge in [0, 0.05) is 30.0 Å². The molecular formula is C29H34N4O2S. The first kappa shape index (κ1) is 24.6. The number of thiazole rings is 1. The standard InChI is InChI=1S/C29H34N4O2S/c1-16(2)9-23-12-21(11-18(4)31-23)28(34)30-14-25-24-13-22(24)15-33(25)29(35)26-27(36-19(5)32-26)20-8-6-7-17(3)10-20/h6-8,10-12,16,22,24-25H,9,13-15H2,1-5H3,(H,30,34). The second-order valence-electron chi connectivity index (χ2n) is 10.8. The van der Waals surface area contributed by atoms with E-state index >= 15 is 0 Å². The number of nitrogens with one attached hydrogen (secondary N) is 1. The predicted octanol–water partition coefficient (Wildman–Crippen LogP) is 5.22. The molecule has 1 aliphatic carbocycles. The summed E-state index contributed by atoms with van der Waals surface area (Å²) in [5.41, 5.74) is 5.15. The highest BCUT2D eigenvalue weighted by molar-refractivity contribution is 7.15. The highest BCUT2D eigenvalue weighted by Gasteiger charge is 2.54. The molecule has 6 nitrogen and oxygen atoms in total. The molecule has 1 saturated heterocycles. The van der Waals surface area contributed by atoms with Crippen molar-refractivity contribution in [2.45, 2.75) is 53.5 Å². The van der Waals surface area contributed by atoms with E-state index in [-0.39, 0.29) is 17.9 Å². The van der Waals surface area contributed by atoms with Crippen molar-refractivity contribution in [1.29, 1.82) is 0 Å². The van der Waals surface area contributed by atoms with Crippen molar-refractivity contribution in [3.05, 3.63) is 69.6 Å². The molecule has 1 aliphatic heterocycles. The summed E-state index contributed by atoms with van der Waals surface area (Å²) < 4.78 is 0. The Kier molecular flexibility index (Phi) is 6.68. The van der Waals surface area contributed by atoms with E-state index < -0.39 is 0 Å². The van der Waals surface area contributed by atoms with Gasteiger partial charge < -0.3 is 10.2 Å². The van der Waals surface area contributed by atoms with Crippen LogP contribution in [0.25, 0.3) is 10.4 Å². The van der Waals surface area contributed by atoms with Gasteiger partial charge in [-0.2, -0.15) is 0 Å². The molecule has 1 aromatic carbocycles. The van der Waals surface area contributed by atoms with Gasteiger partial charge in [-0.3, -0.25) is 14.6 Å². The lowest BCUT2D eigenvalue weighted by Gasteiger charge is -2.27. The number of amides is 2. The lowest BCUT2D eigenvalue weighted by molar-refractivity contribution is 0.0690. The average molecular weight is 503 g/mol. The van der Waals surface area contributed by atoms with Crippen LogP contribution in [0.3, 0.4) is 0 Å². The van der Waals surface area contributed by atoms with Crippen molar-refractivity contribution in [3.8, 4) is 10.4 Å². The summed E-state index contributed by atoms with van der Waals surface area (Å²) in [4.78, 5) is 39.0. The van der Waals surface area contributed by atoms with Crippen LogP contribution in [-0.2, 0) is 6.42 Å². The molecule has 3 atom stereocenters. The number of hydrogen-bond acceptors (Lipinski definition) is 5. The van der Waals surface area contributed by atoms with Gasteiger partial charge in [-0.05, 0) is 69.1 Å². The molecule has 7 heteroatoms. The first-order valence-corrected chi connectivity index (χ1v) is 13.6. The van der Waals surface area contributed by atoms with Gasteiger partial charge >= 0.3 is 0 Å². The minimum atomic E-state index is -0.105. The third kappa shape index (κ3) is 5.07. The molecular weight excluding hydrogens is 468 g/mol. The lowest BCUT2D eigenvalue weighted by Crippen LogP contribution is -2.45. The van der Waals surface area contributed by atoms with Crippen LogP contribution in [0.5, 0.6) is 0 Å². The quantitative estimate of drug-likeness (QED) is 0.481. The molecule has 3 unspecified atom stereocenters. The average Bonchev–Trinajstić information content (AvgIpc) is 3.32. The van der Waals surface area contributed by atoms with Crippen LogP contribution in [0.15, 0.2) is 36.4 Å². The Morgan fingerprint density at radius 1 is 1.14 bits per heavy atom. The molecule has 2 amide bonds. The van der Waals surface area contributed by atoms with Gasteiger partial charge in [0.15, 0.2) is 0 Å². The van der Waals surface area contributed by atoms with Crippen molar-refractivity contribution >= 4 is 23.2 Å². The molecule has 188 valence electrons. The maximum absolute atomic E-state index is 13.8. The topological polar surface area (TPSA) is 75.2 Å². The number of hydrogen-bond donors (Lipinski definition) is 1. The Bertz CT molecular complexity index is 1310. The van der Waals surface area contributed by atoms with E-state index in [2.05, 4.69) is 48.2 Å². The van der Waals surface area contributed by atoms with Crippen LogP contribution in [0.4, 0.5) is 0 Å². The van der Waals surface area contributed by atoms with Gasteiger partial charge in [-0.1, -0.05) is 43.7 Å². The highest BCUT2D eigenvalue weighted by atomic mass is 32.1. The Morgan fingerprint density at radius 2 is 1.94 bits per heavy atom. The van der Waals surface area contributed by atoms with E-state index in [4.69, 9.17) is 0 Å². The minimum absolute atomic E-state index is 0.00288. The van der Waals surface area contributed by atoms with E-state index in [1.165, 1.54) is 0 Å². The van der Waals surface area contributed by atoms with Gasteiger partial charge in [0.05, 0.1) is 15.9 Å². The van der Waals surface area contributed by atoms with E-state index in [1.807, 2.05) is 43.0 Å². The highest BCUT2D eigenvalue weighted by Crippen LogP contribution is 2.50. The molecule has 3 aromatic rings. The number of piperidine rings is 1. The second kappa shape index (κ2) is 9.77. The summed E-state index contributed by atoms with van der Waals surface area (Å²) in [6, 6.07) is 12.0. The fraction of sp³-hybridized carbons (Fsp3) is 0.448. The molecule has 1 saturated carbocycles. The zero-order chi connectivity index (χ0) is 25.6. The van der Waals surface area contributed by atoms with Crippen LogP contribution in [0.2, 0.25) is 0 Å². The maximum atomic E-state index is 13.8. The zero-order valence-electron chi connectivity index (χ0n) is 21.7. The molecule has 3 heterocycles. The molecule has 5 rings (SSSR count). The van der Waals surface area contributed by atoms with Gasteiger partial charge in [0.25, 0.3) is 11.8 Å². The number of aryl methyl sites for hydroxylation is 3. The fourth-order valence-corrected chi connectivity index (χ4v) is 6.35. The summed E-state index contributed by atoms with van der Waals surface area (Å²) in [7, 11) is 0. The van der Waals surface area contributed by atoms with Crippen LogP contribution in [-0.4, -0.2) is 45.8 Å². The molecule has 0 spiro atoms. The number of aromatic nitrogens is 2. The summed E-state index contributed by atoms with van der Waals surface area (Å²) in [5.74, 6) is 1.32. The van der Waals surface area contributed by atoms with Crippen molar-refractivity contribution < 1.29 is 9.59 Å². The largest absolute Gasteiger partial charge is 0.350 e. The summed E-state index contributed by atoms with van der Waals surface area (Å²) in [6.07, 6.45) is 1.96. The van der Waals surface area contributed by atoms with E-state index in [0.717, 1.165) is 51.8 Å². The molecule has 0 radical (unpaired) electrons. The normalized spacial score (nSPS) is 20.5. The Hall–Kier alpha value is -3.06. The molecule has 0 bridgehead atoms. The Labute approximate surface area is 217 Å². The van der Waals surface area contributed by atoms with E-state index in [9.17, 15) is 9.59 Å². The van der Waals surface area contributed by atoms with Gasteiger partial charge in [-0.15, -0.1) is 11.3 Å². The van der Waals surface area contributed by atoms with Crippen molar-refractivity contribution in [1.82, 2.24) is 20.2 Å². The molecule has 2 fully saturated rings. The number of carbonyl (C=O) groups is 2. The fourth-order valence-electron chi connectivity index (χ4n) is 5.45. The number of carbonyl (C=O) groups excluding carboxylic acids is 2. The summed E-state index contributed by atoms with van der Waals surface area (Å²) in [5, 5.41) is 4.01. The van der Waals surface area contributed by atoms with Crippen LogP contribution < -0.4 is 5.32 Å². The third-order valence-electron chi connectivity index (χ3n) is 7.14. The SMILES string of the molecule is Cc1cccc(-c2sc(C)nc2C(=O)N2CC3CC3C2CNC(=O)c2cc(C)nc(CC(C)C)c2)c1. The number of rotatable bonds is 7. The summed E-state index contributed by atoms with van der Waals surface area (Å²) in [6.45, 7) is 11.4. The van der Waals surface area contributed by atoms with Crippen molar-refractivity contribution in [2.24, 2.45) is 17.8 Å². The van der Waals surface area contributed by atoms with Gasteiger partial charge in [0.2, 0.25) is 0 Å². The predicted molar refractivity (Wildman–Crippen MR) is 143 cm³/mol. The van der Waals surface area contributed by atoms with E-state index in [0.29, 0.717) is 35.6 Å². The minimum Gasteiger partial charge on any atom is -0.350 e. The van der Waals surface area contributed by atoms with Crippen LogP contribution in [0, 0.1) is 38.5 Å². The molecule has 2 aliphatic rings.